The first-order valence-corrected chi connectivity index (χ1v) is 6.62. The van der Waals surface area contributed by atoms with Crippen LogP contribution in [0.15, 0.2) is 24.3 Å². The number of nitrogens with one attached hydrogen (secondary N) is 1. The molecule has 0 spiro atoms. The van der Waals surface area contributed by atoms with Crippen LogP contribution in [0.5, 0.6) is 0 Å². The van der Waals surface area contributed by atoms with Crippen LogP contribution >= 0.6 is 0 Å². The summed E-state index contributed by atoms with van der Waals surface area (Å²) in [5.74, 6) is -0.212. The molecule has 1 aromatic rings. The quantitative estimate of drug-likeness (QED) is 0.742. The summed E-state index contributed by atoms with van der Waals surface area (Å²) < 4.78 is 13.1. The van der Waals surface area contributed by atoms with E-state index in [1.165, 1.54) is 6.07 Å². The Morgan fingerprint density at radius 2 is 2.06 bits per heavy atom. The minimum atomic E-state index is -0.212. The number of nitrogens with two attached hydrogens (primary N) is 1. The van der Waals surface area contributed by atoms with Gasteiger partial charge in [-0.1, -0.05) is 26.0 Å². The van der Waals surface area contributed by atoms with Crippen molar-refractivity contribution in [2.24, 2.45) is 5.73 Å². The van der Waals surface area contributed by atoms with Gasteiger partial charge in [0.1, 0.15) is 5.82 Å². The number of hydrogen-bond acceptors (Lipinski definition) is 3. The predicted octanol–water partition coefficient (Wildman–Crippen LogP) is 1.76. The molecule has 0 saturated heterocycles. The number of hydrogen-bond donors (Lipinski definition) is 2. The first-order valence-electron chi connectivity index (χ1n) is 6.62. The van der Waals surface area contributed by atoms with E-state index in [1.54, 1.807) is 12.1 Å². The van der Waals surface area contributed by atoms with Crippen molar-refractivity contribution in [1.82, 2.24) is 10.2 Å². The summed E-state index contributed by atoms with van der Waals surface area (Å²) in [6, 6.07) is 6.65. The zero-order valence-electron chi connectivity index (χ0n) is 11.3. The van der Waals surface area contributed by atoms with Crippen molar-refractivity contribution in [2.75, 3.05) is 32.7 Å². The van der Waals surface area contributed by atoms with Crippen LogP contribution in [-0.2, 0) is 0 Å². The molecule has 0 aliphatic rings. The zero-order chi connectivity index (χ0) is 13.4. The summed E-state index contributed by atoms with van der Waals surface area (Å²) in [5, 5.41) is 3.38. The molecule has 0 aliphatic heterocycles. The molecule has 0 amide bonds. The highest BCUT2D eigenvalue weighted by atomic mass is 19.1. The summed E-state index contributed by atoms with van der Waals surface area (Å²) in [6.45, 7) is 8.71. The Bertz CT molecular complexity index is 340. The molecule has 102 valence electrons. The van der Waals surface area contributed by atoms with Crippen LogP contribution in [0.4, 0.5) is 4.39 Å². The van der Waals surface area contributed by atoms with Crippen LogP contribution in [0.25, 0.3) is 0 Å². The van der Waals surface area contributed by atoms with E-state index in [2.05, 4.69) is 24.1 Å². The van der Waals surface area contributed by atoms with Gasteiger partial charge in [-0.25, -0.2) is 4.39 Å². The van der Waals surface area contributed by atoms with Gasteiger partial charge in [0.05, 0.1) is 0 Å². The molecule has 1 aromatic carbocycles. The van der Waals surface area contributed by atoms with Gasteiger partial charge in [0.2, 0.25) is 0 Å². The summed E-state index contributed by atoms with van der Waals surface area (Å²) in [7, 11) is 0. The number of nitrogens with zero attached hydrogens (tertiary/aromatic N) is 1. The van der Waals surface area contributed by atoms with E-state index >= 15 is 0 Å². The van der Waals surface area contributed by atoms with Crippen LogP contribution in [0.2, 0.25) is 0 Å². The smallest absolute Gasteiger partial charge is 0.123 e. The molecule has 18 heavy (non-hydrogen) atoms. The van der Waals surface area contributed by atoms with Gasteiger partial charge in [-0.05, 0) is 30.8 Å². The van der Waals surface area contributed by atoms with Crippen LogP contribution in [0.3, 0.4) is 0 Å². The van der Waals surface area contributed by atoms with E-state index in [0.29, 0.717) is 6.54 Å². The lowest BCUT2D eigenvalue weighted by atomic mass is 10.1. The monoisotopic (exact) mass is 253 g/mol. The summed E-state index contributed by atoms with van der Waals surface area (Å²) in [4.78, 5) is 2.34. The second-order valence-corrected chi connectivity index (χ2v) is 4.32. The molecule has 0 fully saturated rings. The molecule has 0 aliphatic carbocycles. The average molecular weight is 253 g/mol. The van der Waals surface area contributed by atoms with E-state index in [-0.39, 0.29) is 11.9 Å². The highest BCUT2D eigenvalue weighted by Gasteiger charge is 2.09. The minimum absolute atomic E-state index is 0.0243. The van der Waals surface area contributed by atoms with Crippen LogP contribution < -0.4 is 11.1 Å². The van der Waals surface area contributed by atoms with Gasteiger partial charge in [0.25, 0.3) is 0 Å². The van der Waals surface area contributed by atoms with Crippen molar-refractivity contribution in [3.63, 3.8) is 0 Å². The molecule has 4 heteroatoms. The summed E-state index contributed by atoms with van der Waals surface area (Å²) in [6.07, 6.45) is 0. The van der Waals surface area contributed by atoms with E-state index in [1.807, 2.05) is 6.07 Å². The third kappa shape index (κ3) is 4.72. The van der Waals surface area contributed by atoms with Gasteiger partial charge in [0, 0.05) is 25.7 Å². The topological polar surface area (TPSA) is 41.3 Å². The normalized spacial score (nSPS) is 12.9. The largest absolute Gasteiger partial charge is 0.329 e. The average Bonchev–Trinajstić information content (AvgIpc) is 2.39. The van der Waals surface area contributed by atoms with Gasteiger partial charge in [-0.15, -0.1) is 0 Å². The van der Waals surface area contributed by atoms with Gasteiger partial charge in [-0.2, -0.15) is 0 Å². The molecule has 0 bridgehead atoms. The fourth-order valence-electron chi connectivity index (χ4n) is 2.00. The Morgan fingerprint density at radius 1 is 1.33 bits per heavy atom. The predicted molar refractivity (Wildman–Crippen MR) is 74.0 cm³/mol. The van der Waals surface area contributed by atoms with Crippen molar-refractivity contribution in [2.45, 2.75) is 19.9 Å². The van der Waals surface area contributed by atoms with Gasteiger partial charge >= 0.3 is 0 Å². The zero-order valence-corrected chi connectivity index (χ0v) is 11.3. The number of halogens is 1. The lowest BCUT2D eigenvalue weighted by Crippen LogP contribution is -2.36. The Labute approximate surface area is 109 Å². The SMILES string of the molecule is CCN(CC)CCNC(CN)c1cccc(F)c1. The number of likely N-dealkylation sites (N-methyl/N-ethyl adjacent to an activating group) is 1. The van der Waals surface area contributed by atoms with E-state index < -0.39 is 0 Å². The molecule has 3 nitrogen and oxygen atoms in total. The lowest BCUT2D eigenvalue weighted by Gasteiger charge is -2.22. The molecule has 0 saturated carbocycles. The number of rotatable bonds is 8. The molecule has 1 unspecified atom stereocenters. The molecule has 3 N–H and O–H groups in total. The molecule has 1 rings (SSSR count). The van der Waals surface area contributed by atoms with Crippen molar-refractivity contribution in [3.05, 3.63) is 35.6 Å². The van der Waals surface area contributed by atoms with Gasteiger partial charge in [-0.3, -0.25) is 0 Å². The first-order chi connectivity index (χ1) is 8.71. The first kappa shape index (κ1) is 15.1. The fourth-order valence-corrected chi connectivity index (χ4v) is 2.00. The molecule has 1 atom stereocenters. The molecular weight excluding hydrogens is 229 g/mol. The molecule has 0 heterocycles. The standard InChI is InChI=1S/C14H24FN3/c1-3-18(4-2)9-8-17-14(11-16)12-6-5-7-13(15)10-12/h5-7,10,14,17H,3-4,8-9,11,16H2,1-2H3. The maximum absolute atomic E-state index is 13.1. The second-order valence-electron chi connectivity index (χ2n) is 4.32. The van der Waals surface area contributed by atoms with Crippen molar-refractivity contribution < 1.29 is 4.39 Å². The summed E-state index contributed by atoms with van der Waals surface area (Å²) >= 11 is 0. The maximum Gasteiger partial charge on any atom is 0.123 e. The van der Waals surface area contributed by atoms with Crippen molar-refractivity contribution in [1.29, 1.82) is 0 Å². The Hall–Kier alpha value is -0.970. The second kappa shape index (κ2) is 8.19. The Balaban J connectivity index is 2.47. The van der Waals surface area contributed by atoms with Gasteiger partial charge < -0.3 is 16.0 Å². The molecule has 0 radical (unpaired) electrons. The third-order valence-electron chi connectivity index (χ3n) is 3.20. The van der Waals surface area contributed by atoms with Gasteiger partial charge in [0.15, 0.2) is 0 Å². The molecule has 0 aromatic heterocycles. The lowest BCUT2D eigenvalue weighted by molar-refractivity contribution is 0.297. The van der Waals surface area contributed by atoms with Crippen molar-refractivity contribution >= 4 is 0 Å². The van der Waals surface area contributed by atoms with E-state index in [4.69, 9.17) is 5.73 Å². The number of benzene rings is 1. The highest BCUT2D eigenvalue weighted by molar-refractivity contribution is 5.20. The van der Waals surface area contributed by atoms with Crippen LogP contribution in [0, 0.1) is 5.82 Å². The van der Waals surface area contributed by atoms with Crippen LogP contribution in [-0.4, -0.2) is 37.6 Å². The maximum atomic E-state index is 13.1. The van der Waals surface area contributed by atoms with E-state index in [0.717, 1.165) is 31.7 Å². The fraction of sp³-hybridized carbons (Fsp3) is 0.571. The highest BCUT2D eigenvalue weighted by Crippen LogP contribution is 2.12. The third-order valence-corrected chi connectivity index (χ3v) is 3.20. The minimum Gasteiger partial charge on any atom is -0.329 e. The van der Waals surface area contributed by atoms with Crippen molar-refractivity contribution in [3.8, 4) is 0 Å². The summed E-state index contributed by atoms with van der Waals surface area (Å²) in [5.41, 5.74) is 6.65. The molecular formula is C14H24FN3. The Kier molecular flexibility index (Phi) is 6.86. The van der Waals surface area contributed by atoms with E-state index in [9.17, 15) is 4.39 Å². The Morgan fingerprint density at radius 3 is 2.61 bits per heavy atom. The van der Waals surface area contributed by atoms with Crippen LogP contribution in [0.1, 0.15) is 25.5 Å².